The fourth-order valence-corrected chi connectivity index (χ4v) is 1.77. The molecule has 2 rings (SSSR count). The third-order valence-corrected chi connectivity index (χ3v) is 2.40. The van der Waals surface area contributed by atoms with Crippen LogP contribution in [0.1, 0.15) is 19.5 Å². The smallest absolute Gasteiger partial charge is 0.309 e. The van der Waals surface area contributed by atoms with E-state index in [9.17, 15) is 9.18 Å². The molecule has 0 aliphatic rings. The molecule has 0 atom stereocenters. The van der Waals surface area contributed by atoms with Crippen molar-refractivity contribution in [3.8, 4) is 0 Å². The van der Waals surface area contributed by atoms with Crippen LogP contribution >= 0.6 is 0 Å². The monoisotopic (exact) mass is 220 g/mol. The first-order chi connectivity index (χ1) is 7.58. The zero-order valence-corrected chi connectivity index (χ0v) is 9.25. The Hall–Kier alpha value is -1.71. The van der Waals surface area contributed by atoms with E-state index in [0.29, 0.717) is 17.7 Å². The summed E-state index contributed by atoms with van der Waals surface area (Å²) in [6.07, 6.45) is 0.706. The SMILES string of the molecule is CC(C)Cc1[nH]c(=O)nc2c(F)cccc12. The van der Waals surface area contributed by atoms with Gasteiger partial charge in [0.2, 0.25) is 0 Å². The normalized spacial score (nSPS) is 11.2. The van der Waals surface area contributed by atoms with Crippen LogP contribution in [0.25, 0.3) is 10.9 Å². The second kappa shape index (κ2) is 4.04. The predicted molar refractivity (Wildman–Crippen MR) is 60.9 cm³/mol. The first kappa shape index (κ1) is 10.8. The van der Waals surface area contributed by atoms with Crippen molar-refractivity contribution in [2.24, 2.45) is 5.92 Å². The van der Waals surface area contributed by atoms with Gasteiger partial charge in [0, 0.05) is 11.1 Å². The number of hydrogen-bond acceptors (Lipinski definition) is 2. The molecule has 0 bridgehead atoms. The molecule has 0 aliphatic heterocycles. The molecule has 0 aliphatic carbocycles. The first-order valence-electron chi connectivity index (χ1n) is 5.25. The van der Waals surface area contributed by atoms with Crippen LogP contribution in [0.15, 0.2) is 23.0 Å². The minimum Gasteiger partial charge on any atom is -0.309 e. The second-order valence-electron chi connectivity index (χ2n) is 4.25. The van der Waals surface area contributed by atoms with Crippen LogP contribution in [-0.2, 0) is 6.42 Å². The summed E-state index contributed by atoms with van der Waals surface area (Å²) in [6, 6.07) is 4.72. The molecule has 1 aromatic heterocycles. The van der Waals surface area contributed by atoms with E-state index in [1.807, 2.05) is 13.8 Å². The van der Waals surface area contributed by atoms with Gasteiger partial charge in [-0.25, -0.2) is 9.18 Å². The number of benzene rings is 1. The van der Waals surface area contributed by atoms with Crippen molar-refractivity contribution < 1.29 is 4.39 Å². The number of rotatable bonds is 2. The highest BCUT2D eigenvalue weighted by Gasteiger charge is 2.09. The van der Waals surface area contributed by atoms with Gasteiger partial charge in [0.25, 0.3) is 0 Å². The molecular formula is C12H13FN2O. The summed E-state index contributed by atoms with van der Waals surface area (Å²) in [4.78, 5) is 17.6. The van der Waals surface area contributed by atoms with E-state index in [0.717, 1.165) is 5.69 Å². The molecule has 2 aromatic rings. The largest absolute Gasteiger partial charge is 0.345 e. The highest BCUT2D eigenvalue weighted by molar-refractivity contribution is 5.81. The zero-order valence-electron chi connectivity index (χ0n) is 9.25. The number of nitrogens with zero attached hydrogens (tertiary/aromatic N) is 1. The summed E-state index contributed by atoms with van der Waals surface area (Å²) in [5.74, 6) is -0.0573. The summed E-state index contributed by atoms with van der Waals surface area (Å²) in [5.41, 5.74) is 0.416. The van der Waals surface area contributed by atoms with Gasteiger partial charge in [-0.2, -0.15) is 4.98 Å². The van der Waals surface area contributed by atoms with E-state index in [2.05, 4.69) is 9.97 Å². The number of aromatic amines is 1. The number of nitrogens with one attached hydrogen (secondary N) is 1. The maximum absolute atomic E-state index is 13.5. The van der Waals surface area contributed by atoms with Gasteiger partial charge in [0.15, 0.2) is 0 Å². The predicted octanol–water partition coefficient (Wildman–Crippen LogP) is 2.26. The van der Waals surface area contributed by atoms with Gasteiger partial charge >= 0.3 is 5.69 Å². The Morgan fingerprint density at radius 3 is 2.88 bits per heavy atom. The lowest BCUT2D eigenvalue weighted by molar-refractivity contribution is 0.627. The first-order valence-corrected chi connectivity index (χ1v) is 5.25. The molecule has 0 radical (unpaired) electrons. The fourth-order valence-electron chi connectivity index (χ4n) is 1.77. The molecule has 3 nitrogen and oxygen atoms in total. The molecule has 4 heteroatoms. The van der Waals surface area contributed by atoms with Crippen molar-refractivity contribution in [2.45, 2.75) is 20.3 Å². The lowest BCUT2D eigenvalue weighted by atomic mass is 10.0. The lowest BCUT2D eigenvalue weighted by Gasteiger charge is -2.08. The standard InChI is InChI=1S/C12H13FN2O/c1-7(2)6-10-8-4-3-5-9(13)11(8)15-12(16)14-10/h3-5,7H,6H2,1-2H3,(H,14,15,16). The van der Waals surface area contributed by atoms with Gasteiger partial charge < -0.3 is 4.98 Å². The Balaban J connectivity index is 2.73. The van der Waals surface area contributed by atoms with Crippen LogP contribution in [0.2, 0.25) is 0 Å². The van der Waals surface area contributed by atoms with Crippen LogP contribution in [0.3, 0.4) is 0 Å². The molecule has 1 heterocycles. The Kier molecular flexibility index (Phi) is 2.73. The van der Waals surface area contributed by atoms with Gasteiger partial charge in [-0.05, 0) is 18.4 Å². The third-order valence-electron chi connectivity index (χ3n) is 2.40. The van der Waals surface area contributed by atoms with Crippen molar-refractivity contribution in [3.63, 3.8) is 0 Å². The van der Waals surface area contributed by atoms with E-state index in [1.165, 1.54) is 6.07 Å². The number of fused-ring (bicyclic) bond motifs is 1. The van der Waals surface area contributed by atoms with Gasteiger partial charge in [-0.15, -0.1) is 0 Å². The van der Waals surface area contributed by atoms with Crippen molar-refractivity contribution >= 4 is 10.9 Å². The summed E-state index contributed by atoms with van der Waals surface area (Å²) in [7, 11) is 0. The van der Waals surface area contributed by atoms with Gasteiger partial charge in [0.05, 0.1) is 0 Å². The Bertz CT molecular complexity index is 575. The molecule has 1 aromatic carbocycles. The molecule has 0 amide bonds. The highest BCUT2D eigenvalue weighted by Crippen LogP contribution is 2.18. The van der Waals surface area contributed by atoms with Crippen LogP contribution in [0.5, 0.6) is 0 Å². The molecule has 0 unspecified atom stereocenters. The molecule has 0 saturated carbocycles. The minimum atomic E-state index is -0.492. The number of hydrogen-bond donors (Lipinski definition) is 1. The molecule has 1 N–H and O–H groups in total. The average molecular weight is 220 g/mol. The molecule has 84 valence electrons. The van der Waals surface area contributed by atoms with Gasteiger partial charge in [-0.1, -0.05) is 26.0 Å². The molecule has 0 saturated heterocycles. The van der Waals surface area contributed by atoms with Crippen LogP contribution in [-0.4, -0.2) is 9.97 Å². The maximum Gasteiger partial charge on any atom is 0.345 e. The molecular weight excluding hydrogens is 207 g/mol. The van der Waals surface area contributed by atoms with Gasteiger partial charge in [-0.3, -0.25) is 0 Å². The van der Waals surface area contributed by atoms with Crippen molar-refractivity contribution in [1.82, 2.24) is 9.97 Å². The van der Waals surface area contributed by atoms with Crippen molar-refractivity contribution in [2.75, 3.05) is 0 Å². The Labute approximate surface area is 92.3 Å². The van der Waals surface area contributed by atoms with E-state index in [1.54, 1.807) is 12.1 Å². The Morgan fingerprint density at radius 1 is 1.44 bits per heavy atom. The fraction of sp³-hybridized carbons (Fsp3) is 0.333. The Morgan fingerprint density at radius 2 is 2.19 bits per heavy atom. The van der Waals surface area contributed by atoms with Crippen LogP contribution < -0.4 is 5.69 Å². The summed E-state index contributed by atoms with van der Waals surface area (Å²) >= 11 is 0. The summed E-state index contributed by atoms with van der Waals surface area (Å²) < 4.78 is 13.5. The third kappa shape index (κ3) is 1.96. The number of H-pyrrole nitrogens is 1. The summed E-state index contributed by atoms with van der Waals surface area (Å²) in [5, 5.41) is 0.688. The van der Waals surface area contributed by atoms with Crippen LogP contribution in [0, 0.1) is 11.7 Å². The number of aromatic nitrogens is 2. The van der Waals surface area contributed by atoms with E-state index in [-0.39, 0.29) is 5.52 Å². The molecule has 0 fully saturated rings. The van der Waals surface area contributed by atoms with Crippen molar-refractivity contribution in [1.29, 1.82) is 0 Å². The van der Waals surface area contributed by atoms with E-state index < -0.39 is 11.5 Å². The van der Waals surface area contributed by atoms with Crippen molar-refractivity contribution in [3.05, 3.63) is 40.2 Å². The molecule has 0 spiro atoms. The van der Waals surface area contributed by atoms with E-state index in [4.69, 9.17) is 0 Å². The molecule has 16 heavy (non-hydrogen) atoms. The number of halogens is 1. The number of para-hydroxylation sites is 1. The second-order valence-corrected chi connectivity index (χ2v) is 4.25. The average Bonchev–Trinajstić information content (AvgIpc) is 2.18. The van der Waals surface area contributed by atoms with E-state index >= 15 is 0 Å². The zero-order chi connectivity index (χ0) is 11.7. The minimum absolute atomic E-state index is 0.155. The van der Waals surface area contributed by atoms with Gasteiger partial charge in [0.1, 0.15) is 11.3 Å². The quantitative estimate of drug-likeness (QED) is 0.843. The maximum atomic E-state index is 13.5. The van der Waals surface area contributed by atoms with Crippen LogP contribution in [0.4, 0.5) is 4.39 Å². The summed E-state index contributed by atoms with van der Waals surface area (Å²) in [6.45, 7) is 4.09. The topological polar surface area (TPSA) is 45.8 Å². The lowest BCUT2D eigenvalue weighted by Crippen LogP contribution is -2.15. The highest BCUT2D eigenvalue weighted by atomic mass is 19.1.